The lowest BCUT2D eigenvalue weighted by molar-refractivity contribution is 0.0983. The van der Waals surface area contributed by atoms with Gasteiger partial charge in [0.1, 0.15) is 5.82 Å². The SMILES string of the molecule is Cn1cc(N(c2nccc(-c3ccc(N)nc3)n2)S(=O)(=O)C2CCOCC2)cn1. The highest BCUT2D eigenvalue weighted by molar-refractivity contribution is 7.93. The van der Waals surface area contributed by atoms with Gasteiger partial charge >= 0.3 is 0 Å². The van der Waals surface area contributed by atoms with Crippen LogP contribution in [0.3, 0.4) is 0 Å². The van der Waals surface area contributed by atoms with Gasteiger partial charge in [0.05, 0.1) is 22.8 Å². The van der Waals surface area contributed by atoms with Crippen molar-refractivity contribution in [3.05, 3.63) is 43.0 Å². The van der Waals surface area contributed by atoms with Gasteiger partial charge in [-0.3, -0.25) is 4.68 Å². The molecule has 1 aliphatic heterocycles. The largest absolute Gasteiger partial charge is 0.384 e. The number of sulfonamides is 1. The van der Waals surface area contributed by atoms with Gasteiger partial charge in [-0.2, -0.15) is 5.10 Å². The van der Waals surface area contributed by atoms with Crippen molar-refractivity contribution in [2.45, 2.75) is 18.1 Å². The second-order valence-electron chi connectivity index (χ2n) is 6.71. The molecule has 0 radical (unpaired) electrons. The second kappa shape index (κ2) is 7.76. The van der Waals surface area contributed by atoms with Crippen LogP contribution in [-0.2, 0) is 21.8 Å². The number of hydrogen-bond donors (Lipinski definition) is 1. The van der Waals surface area contributed by atoms with E-state index in [-0.39, 0.29) is 5.95 Å². The Hall–Kier alpha value is -3.05. The molecular weight excluding hydrogens is 394 g/mol. The fraction of sp³-hybridized carbons (Fsp3) is 0.333. The van der Waals surface area contributed by atoms with Crippen LogP contribution in [0.25, 0.3) is 11.3 Å². The average Bonchev–Trinajstić information content (AvgIpc) is 3.15. The molecule has 1 saturated heterocycles. The molecule has 1 fully saturated rings. The molecule has 0 amide bonds. The summed E-state index contributed by atoms with van der Waals surface area (Å²) in [7, 11) is -2.06. The molecule has 152 valence electrons. The molecule has 11 heteroatoms. The zero-order valence-corrected chi connectivity index (χ0v) is 16.7. The predicted molar refractivity (Wildman–Crippen MR) is 108 cm³/mol. The minimum absolute atomic E-state index is 0.0545. The van der Waals surface area contributed by atoms with Crippen LogP contribution >= 0.6 is 0 Å². The first-order chi connectivity index (χ1) is 13.9. The maximum atomic E-state index is 13.5. The molecule has 0 spiro atoms. The molecule has 3 aromatic heterocycles. The Labute approximate surface area is 168 Å². The van der Waals surface area contributed by atoms with E-state index in [1.807, 2.05) is 0 Å². The molecule has 3 aromatic rings. The number of rotatable bonds is 5. The maximum Gasteiger partial charge on any atom is 0.245 e. The van der Waals surface area contributed by atoms with Crippen LogP contribution in [0.5, 0.6) is 0 Å². The number of aryl methyl sites for hydroxylation is 1. The number of nitrogen functional groups attached to an aromatic ring is 1. The van der Waals surface area contributed by atoms with Crippen molar-refractivity contribution in [2.24, 2.45) is 7.05 Å². The van der Waals surface area contributed by atoms with Gasteiger partial charge in [0, 0.05) is 44.4 Å². The Morgan fingerprint density at radius 1 is 1.17 bits per heavy atom. The number of nitrogens with zero attached hydrogens (tertiary/aromatic N) is 6. The first kappa shape index (κ1) is 19.3. The fourth-order valence-electron chi connectivity index (χ4n) is 3.18. The van der Waals surface area contributed by atoms with Crippen molar-refractivity contribution >= 4 is 27.5 Å². The monoisotopic (exact) mass is 415 g/mol. The predicted octanol–water partition coefficient (Wildman–Crippen LogP) is 1.50. The van der Waals surface area contributed by atoms with Crippen LogP contribution in [0.2, 0.25) is 0 Å². The van der Waals surface area contributed by atoms with Crippen LogP contribution in [0.15, 0.2) is 43.0 Å². The summed E-state index contributed by atoms with van der Waals surface area (Å²) in [5.74, 6) is 0.445. The molecule has 0 aromatic carbocycles. The lowest BCUT2D eigenvalue weighted by Gasteiger charge is -2.29. The normalized spacial score (nSPS) is 15.3. The Balaban J connectivity index is 1.79. The number of ether oxygens (including phenoxy) is 1. The Bertz CT molecular complexity index is 1090. The molecule has 0 atom stereocenters. The highest BCUT2D eigenvalue weighted by Gasteiger charge is 2.37. The third-order valence-electron chi connectivity index (χ3n) is 4.68. The van der Waals surface area contributed by atoms with Gasteiger partial charge in [0.25, 0.3) is 0 Å². The zero-order chi connectivity index (χ0) is 20.4. The summed E-state index contributed by atoms with van der Waals surface area (Å²) in [4.78, 5) is 12.8. The average molecular weight is 415 g/mol. The van der Waals surface area contributed by atoms with Gasteiger partial charge in [0.15, 0.2) is 0 Å². The molecule has 10 nitrogen and oxygen atoms in total. The fourth-order valence-corrected chi connectivity index (χ4v) is 4.97. The van der Waals surface area contributed by atoms with Gasteiger partial charge in [-0.1, -0.05) is 0 Å². The van der Waals surface area contributed by atoms with E-state index in [2.05, 4.69) is 20.1 Å². The van der Waals surface area contributed by atoms with Crippen LogP contribution in [0, 0.1) is 0 Å². The van der Waals surface area contributed by atoms with Crippen molar-refractivity contribution in [1.82, 2.24) is 24.7 Å². The maximum absolute atomic E-state index is 13.5. The topological polar surface area (TPSA) is 129 Å². The molecule has 1 aliphatic rings. The van der Waals surface area contributed by atoms with E-state index in [0.29, 0.717) is 48.8 Å². The number of nitrogens with two attached hydrogens (primary N) is 1. The molecule has 0 aliphatic carbocycles. The summed E-state index contributed by atoms with van der Waals surface area (Å²) in [5, 5.41) is 3.54. The summed E-state index contributed by atoms with van der Waals surface area (Å²) in [5.41, 5.74) is 7.28. The summed E-state index contributed by atoms with van der Waals surface area (Å²) < 4.78 is 35.1. The van der Waals surface area contributed by atoms with Crippen LogP contribution < -0.4 is 10.0 Å². The van der Waals surface area contributed by atoms with Gasteiger partial charge in [-0.05, 0) is 31.0 Å². The first-order valence-corrected chi connectivity index (χ1v) is 10.6. The molecule has 4 rings (SSSR count). The van der Waals surface area contributed by atoms with E-state index in [0.717, 1.165) is 0 Å². The van der Waals surface area contributed by atoms with E-state index in [4.69, 9.17) is 10.5 Å². The van der Waals surface area contributed by atoms with Gasteiger partial charge < -0.3 is 10.5 Å². The van der Waals surface area contributed by atoms with Crippen LogP contribution in [0.4, 0.5) is 17.5 Å². The van der Waals surface area contributed by atoms with E-state index >= 15 is 0 Å². The van der Waals surface area contributed by atoms with Crippen molar-refractivity contribution in [3.8, 4) is 11.3 Å². The Morgan fingerprint density at radius 3 is 2.62 bits per heavy atom. The highest BCUT2D eigenvalue weighted by atomic mass is 32.2. The quantitative estimate of drug-likeness (QED) is 0.664. The van der Waals surface area contributed by atoms with Gasteiger partial charge in [-0.25, -0.2) is 27.7 Å². The zero-order valence-electron chi connectivity index (χ0n) is 15.8. The third-order valence-corrected chi connectivity index (χ3v) is 6.87. The van der Waals surface area contributed by atoms with E-state index < -0.39 is 15.3 Å². The van der Waals surface area contributed by atoms with E-state index in [9.17, 15) is 8.42 Å². The number of aromatic nitrogens is 5. The minimum Gasteiger partial charge on any atom is -0.384 e. The molecule has 2 N–H and O–H groups in total. The number of anilines is 3. The summed E-state index contributed by atoms with van der Waals surface area (Å²) >= 11 is 0. The van der Waals surface area contributed by atoms with Crippen LogP contribution in [-0.4, -0.2) is 51.6 Å². The Kier molecular flexibility index (Phi) is 5.16. The molecule has 0 bridgehead atoms. The van der Waals surface area contributed by atoms with Gasteiger partial charge in [-0.15, -0.1) is 0 Å². The van der Waals surface area contributed by atoms with Gasteiger partial charge in [0.2, 0.25) is 16.0 Å². The molecular formula is C18H21N7O3S. The molecule has 29 heavy (non-hydrogen) atoms. The molecule has 0 unspecified atom stereocenters. The Morgan fingerprint density at radius 2 is 1.97 bits per heavy atom. The molecule has 4 heterocycles. The smallest absolute Gasteiger partial charge is 0.245 e. The number of hydrogen-bond acceptors (Lipinski definition) is 8. The summed E-state index contributed by atoms with van der Waals surface area (Å²) in [6, 6.07) is 5.13. The summed E-state index contributed by atoms with van der Waals surface area (Å²) in [6.45, 7) is 0.811. The lowest BCUT2D eigenvalue weighted by Crippen LogP contribution is -2.39. The second-order valence-corrected chi connectivity index (χ2v) is 8.77. The molecule has 0 saturated carbocycles. The number of pyridine rings is 1. The van der Waals surface area contributed by atoms with Crippen LogP contribution in [0.1, 0.15) is 12.8 Å². The van der Waals surface area contributed by atoms with Crippen molar-refractivity contribution in [1.29, 1.82) is 0 Å². The highest BCUT2D eigenvalue weighted by Crippen LogP contribution is 2.31. The summed E-state index contributed by atoms with van der Waals surface area (Å²) in [6.07, 6.45) is 7.05. The van der Waals surface area contributed by atoms with Crippen molar-refractivity contribution < 1.29 is 13.2 Å². The minimum atomic E-state index is -3.78. The van der Waals surface area contributed by atoms with Crippen molar-refractivity contribution in [3.63, 3.8) is 0 Å². The standard InChI is InChI=1S/C18H21N7O3S/c1-24-12-14(11-22-24)25(29(26,27)15-5-8-28-9-6-15)18-20-7-4-16(23-18)13-2-3-17(19)21-10-13/h2-4,7,10-12,15H,5-6,8-9H2,1H3,(H2,19,21). The van der Waals surface area contributed by atoms with E-state index in [1.165, 1.54) is 21.4 Å². The van der Waals surface area contributed by atoms with Crippen molar-refractivity contribution in [2.75, 3.05) is 23.3 Å². The van der Waals surface area contributed by atoms with E-state index in [1.54, 1.807) is 37.6 Å². The lowest BCUT2D eigenvalue weighted by atomic mass is 10.2. The first-order valence-electron chi connectivity index (χ1n) is 9.10. The third kappa shape index (κ3) is 3.91.